The van der Waals surface area contributed by atoms with E-state index >= 15 is 0 Å². The Morgan fingerprint density at radius 2 is 1.80 bits per heavy atom. The molecular weight excluding hydrogens is 412 g/mol. The first-order valence-electron chi connectivity index (χ1n) is 5.33. The average molecular weight is 420 g/mol. The number of thiocarbonyl (C=S) groups is 1. The molecule has 8 heteroatoms. The van der Waals surface area contributed by atoms with Crippen molar-refractivity contribution < 1.29 is 14.3 Å². The van der Waals surface area contributed by atoms with E-state index in [9.17, 15) is 9.59 Å². The first kappa shape index (κ1) is 15.1. The molecule has 0 saturated carbocycles. The van der Waals surface area contributed by atoms with Crippen LogP contribution < -0.4 is 15.4 Å². The number of carbonyl (C=O) groups excluding carboxylic acids is 2. The zero-order valence-electron chi connectivity index (χ0n) is 10.1. The fourth-order valence-corrected chi connectivity index (χ4v) is 3.27. The van der Waals surface area contributed by atoms with E-state index in [1.807, 2.05) is 0 Å². The molecule has 1 saturated heterocycles. The molecule has 0 bridgehead atoms. The van der Waals surface area contributed by atoms with E-state index in [2.05, 4.69) is 42.5 Å². The van der Waals surface area contributed by atoms with Gasteiger partial charge in [-0.25, -0.2) is 0 Å². The van der Waals surface area contributed by atoms with Gasteiger partial charge in [0.25, 0.3) is 11.8 Å². The second-order valence-corrected chi connectivity index (χ2v) is 5.98. The minimum atomic E-state index is -0.545. The molecule has 104 valence electrons. The van der Waals surface area contributed by atoms with Crippen LogP contribution in [0.15, 0.2) is 26.7 Å². The number of hydrogen-bond donors (Lipinski definition) is 2. The van der Waals surface area contributed by atoms with Crippen LogP contribution in [0.1, 0.15) is 5.56 Å². The summed E-state index contributed by atoms with van der Waals surface area (Å²) in [6.45, 7) is 0. The third-order valence-electron chi connectivity index (χ3n) is 2.48. The third-order valence-corrected chi connectivity index (χ3v) is 3.74. The number of ether oxygens (including phenoxy) is 1. The van der Waals surface area contributed by atoms with Crippen molar-refractivity contribution in [1.29, 1.82) is 0 Å². The maximum Gasteiger partial charge on any atom is 0.263 e. The van der Waals surface area contributed by atoms with Crippen molar-refractivity contribution >= 4 is 67.1 Å². The van der Waals surface area contributed by atoms with E-state index in [0.29, 0.717) is 15.8 Å². The molecule has 2 amide bonds. The molecule has 2 N–H and O–H groups in total. The fourth-order valence-electron chi connectivity index (χ4n) is 1.66. The molecule has 1 aliphatic heterocycles. The Morgan fingerprint density at radius 3 is 2.35 bits per heavy atom. The highest BCUT2D eigenvalue weighted by Gasteiger charge is 2.26. The molecule has 0 aromatic heterocycles. The number of benzene rings is 1. The van der Waals surface area contributed by atoms with Gasteiger partial charge in [-0.3, -0.25) is 20.2 Å². The molecule has 1 aromatic rings. The standard InChI is InChI=1S/C12H8Br2N2O3S/c1-19-9-5(2-6(13)4-8(9)14)3-7-10(17)15-12(20)16-11(7)18/h2-4H,1H3,(H2,15,16,17,18,20). The van der Waals surface area contributed by atoms with E-state index in [1.165, 1.54) is 13.2 Å². The summed E-state index contributed by atoms with van der Waals surface area (Å²) in [5, 5.41) is 4.75. The second kappa shape index (κ2) is 6.02. The smallest absolute Gasteiger partial charge is 0.263 e. The Hall–Kier alpha value is -1.25. The summed E-state index contributed by atoms with van der Waals surface area (Å²) in [5.41, 5.74) is 0.545. The van der Waals surface area contributed by atoms with Gasteiger partial charge in [0.1, 0.15) is 11.3 Å². The van der Waals surface area contributed by atoms with Crippen molar-refractivity contribution in [3.05, 3.63) is 32.2 Å². The Morgan fingerprint density at radius 1 is 1.20 bits per heavy atom. The topological polar surface area (TPSA) is 67.4 Å². The lowest BCUT2D eigenvalue weighted by Crippen LogP contribution is -2.51. The lowest BCUT2D eigenvalue weighted by atomic mass is 10.1. The normalized spacial score (nSPS) is 14.8. The molecule has 0 spiro atoms. The highest BCUT2D eigenvalue weighted by Crippen LogP contribution is 2.34. The Balaban J connectivity index is 2.52. The lowest BCUT2D eigenvalue weighted by molar-refractivity contribution is -0.123. The summed E-state index contributed by atoms with van der Waals surface area (Å²) in [6.07, 6.45) is 1.45. The van der Waals surface area contributed by atoms with Crippen LogP contribution in [0.5, 0.6) is 5.75 Å². The van der Waals surface area contributed by atoms with Crippen LogP contribution in [0, 0.1) is 0 Å². The number of hydrogen-bond acceptors (Lipinski definition) is 4. The van der Waals surface area contributed by atoms with Gasteiger partial charge in [0, 0.05) is 10.0 Å². The highest BCUT2D eigenvalue weighted by molar-refractivity contribution is 9.11. The molecule has 20 heavy (non-hydrogen) atoms. The van der Waals surface area contributed by atoms with Crippen molar-refractivity contribution in [3.8, 4) is 5.75 Å². The van der Waals surface area contributed by atoms with Crippen LogP contribution in [-0.2, 0) is 9.59 Å². The monoisotopic (exact) mass is 418 g/mol. The molecule has 1 fully saturated rings. The summed E-state index contributed by atoms with van der Waals surface area (Å²) in [4.78, 5) is 23.6. The molecule has 0 unspecified atom stereocenters. The van der Waals surface area contributed by atoms with Crippen molar-refractivity contribution in [2.75, 3.05) is 7.11 Å². The molecule has 1 heterocycles. The van der Waals surface area contributed by atoms with Gasteiger partial charge in [0.05, 0.1) is 11.6 Å². The Labute approximate surface area is 137 Å². The van der Waals surface area contributed by atoms with Crippen molar-refractivity contribution in [1.82, 2.24) is 10.6 Å². The van der Waals surface area contributed by atoms with Gasteiger partial charge in [0.15, 0.2) is 5.11 Å². The zero-order valence-corrected chi connectivity index (χ0v) is 14.1. The van der Waals surface area contributed by atoms with Gasteiger partial charge in [-0.15, -0.1) is 0 Å². The molecule has 0 atom stereocenters. The summed E-state index contributed by atoms with van der Waals surface area (Å²) in [7, 11) is 1.51. The SMILES string of the molecule is COc1c(Br)cc(Br)cc1C=C1C(=O)NC(=S)NC1=O. The number of rotatable bonds is 2. The third kappa shape index (κ3) is 3.08. The molecular formula is C12H8Br2N2O3S. The predicted molar refractivity (Wildman–Crippen MR) is 85.3 cm³/mol. The van der Waals surface area contributed by atoms with Crippen LogP contribution in [0.25, 0.3) is 6.08 Å². The van der Waals surface area contributed by atoms with E-state index in [-0.39, 0.29) is 10.7 Å². The zero-order chi connectivity index (χ0) is 14.9. The van der Waals surface area contributed by atoms with E-state index in [1.54, 1.807) is 12.1 Å². The fraction of sp³-hybridized carbons (Fsp3) is 0.0833. The van der Waals surface area contributed by atoms with E-state index < -0.39 is 11.8 Å². The van der Waals surface area contributed by atoms with Gasteiger partial charge >= 0.3 is 0 Å². The number of halogens is 2. The van der Waals surface area contributed by atoms with Crippen LogP contribution in [-0.4, -0.2) is 24.0 Å². The molecule has 1 aromatic carbocycles. The minimum Gasteiger partial charge on any atom is -0.495 e. The largest absolute Gasteiger partial charge is 0.495 e. The van der Waals surface area contributed by atoms with Crippen LogP contribution in [0.2, 0.25) is 0 Å². The molecule has 0 aliphatic carbocycles. The van der Waals surface area contributed by atoms with Gasteiger partial charge in [-0.2, -0.15) is 0 Å². The first-order valence-corrected chi connectivity index (χ1v) is 7.33. The van der Waals surface area contributed by atoms with Crippen molar-refractivity contribution in [2.24, 2.45) is 0 Å². The highest BCUT2D eigenvalue weighted by atomic mass is 79.9. The predicted octanol–water partition coefficient (Wildman–Crippen LogP) is 2.13. The van der Waals surface area contributed by atoms with Crippen LogP contribution in [0.4, 0.5) is 0 Å². The Kier molecular flexibility index (Phi) is 4.56. The Bertz CT molecular complexity index is 636. The van der Waals surface area contributed by atoms with E-state index in [0.717, 1.165) is 4.47 Å². The number of nitrogens with one attached hydrogen (secondary N) is 2. The maximum atomic E-state index is 11.8. The molecule has 0 radical (unpaired) electrons. The van der Waals surface area contributed by atoms with Crippen molar-refractivity contribution in [3.63, 3.8) is 0 Å². The number of amides is 2. The maximum absolute atomic E-state index is 11.8. The van der Waals surface area contributed by atoms with E-state index in [4.69, 9.17) is 17.0 Å². The first-order chi connectivity index (χ1) is 9.42. The quantitative estimate of drug-likeness (QED) is 0.437. The number of carbonyl (C=O) groups is 2. The average Bonchev–Trinajstić information content (AvgIpc) is 2.33. The summed E-state index contributed by atoms with van der Waals surface area (Å²) >= 11 is 11.4. The van der Waals surface area contributed by atoms with Gasteiger partial charge in [-0.05, 0) is 46.4 Å². The van der Waals surface area contributed by atoms with Crippen LogP contribution >= 0.6 is 44.1 Å². The summed E-state index contributed by atoms with van der Waals surface area (Å²) in [5.74, 6) is -0.566. The molecule has 1 aliphatic rings. The number of methoxy groups -OCH3 is 1. The summed E-state index contributed by atoms with van der Waals surface area (Å²) in [6, 6.07) is 3.54. The minimum absolute atomic E-state index is 0.000428. The molecule has 2 rings (SSSR count). The summed E-state index contributed by atoms with van der Waals surface area (Å²) < 4.78 is 6.75. The molecule has 5 nitrogen and oxygen atoms in total. The van der Waals surface area contributed by atoms with Gasteiger partial charge in [-0.1, -0.05) is 15.9 Å². The van der Waals surface area contributed by atoms with Gasteiger partial charge in [0.2, 0.25) is 0 Å². The van der Waals surface area contributed by atoms with Gasteiger partial charge < -0.3 is 4.74 Å². The lowest BCUT2D eigenvalue weighted by Gasteiger charge is -2.17. The van der Waals surface area contributed by atoms with Crippen LogP contribution in [0.3, 0.4) is 0 Å². The second-order valence-electron chi connectivity index (χ2n) is 3.81. The van der Waals surface area contributed by atoms with Crippen molar-refractivity contribution in [2.45, 2.75) is 0 Å².